The quantitative estimate of drug-likeness (QED) is 0.381. The molecule has 0 spiro atoms. The van der Waals surface area contributed by atoms with E-state index in [1.807, 2.05) is 12.1 Å². The van der Waals surface area contributed by atoms with Crippen molar-refractivity contribution in [2.45, 2.75) is 44.9 Å². The van der Waals surface area contributed by atoms with Crippen molar-refractivity contribution in [2.24, 2.45) is 0 Å². The van der Waals surface area contributed by atoms with Crippen LogP contribution in [0.4, 0.5) is 0 Å². The third kappa shape index (κ3) is 8.39. The van der Waals surface area contributed by atoms with Gasteiger partial charge in [-0.1, -0.05) is 55.3 Å². The van der Waals surface area contributed by atoms with Crippen LogP contribution in [0.15, 0.2) is 54.6 Å². The first-order chi connectivity index (χ1) is 12.4. The summed E-state index contributed by atoms with van der Waals surface area (Å²) in [4.78, 5) is 10.0. The molecular formula is C22H28O3. The van der Waals surface area contributed by atoms with Crippen LogP contribution >= 0.6 is 0 Å². The lowest BCUT2D eigenvalue weighted by Crippen LogP contribution is -2.00. The summed E-state index contributed by atoms with van der Waals surface area (Å²) in [6.07, 6.45) is 7.50. The van der Waals surface area contributed by atoms with E-state index in [-0.39, 0.29) is 0 Å². The lowest BCUT2D eigenvalue weighted by atomic mass is 10.1. The standard InChI is InChI=1S/C22H28O3/c23-19-24-16-7-2-1-4-12-21-13-8-15-22(18-21)25-17-9-14-20-10-5-3-6-11-20/h3,5-6,8,10-11,13,15,18-19H,1-2,4,7,9,12,14,16-17H2. The minimum absolute atomic E-state index is 0.519. The molecule has 0 saturated heterocycles. The van der Waals surface area contributed by atoms with Crippen LogP contribution < -0.4 is 4.74 Å². The molecule has 3 heteroatoms. The van der Waals surface area contributed by atoms with E-state index >= 15 is 0 Å². The highest BCUT2D eigenvalue weighted by Gasteiger charge is 1.99. The molecule has 2 aromatic rings. The van der Waals surface area contributed by atoms with Crippen LogP contribution in [-0.2, 0) is 22.4 Å². The molecule has 0 saturated carbocycles. The summed E-state index contributed by atoms with van der Waals surface area (Å²) in [5.41, 5.74) is 2.68. The molecule has 0 radical (unpaired) electrons. The van der Waals surface area contributed by atoms with Crippen molar-refractivity contribution in [3.8, 4) is 5.75 Å². The average molecular weight is 340 g/mol. The van der Waals surface area contributed by atoms with Crippen molar-refractivity contribution < 1.29 is 14.3 Å². The van der Waals surface area contributed by atoms with E-state index in [9.17, 15) is 4.79 Å². The molecule has 0 heterocycles. The Morgan fingerprint density at radius 1 is 0.720 bits per heavy atom. The zero-order chi connectivity index (χ0) is 17.6. The summed E-state index contributed by atoms with van der Waals surface area (Å²) in [6.45, 7) is 1.80. The first kappa shape index (κ1) is 19.0. The summed E-state index contributed by atoms with van der Waals surface area (Å²) in [5, 5.41) is 0. The third-order valence-electron chi connectivity index (χ3n) is 4.17. The van der Waals surface area contributed by atoms with Crippen molar-refractivity contribution >= 4 is 6.47 Å². The van der Waals surface area contributed by atoms with Crippen molar-refractivity contribution in [3.05, 3.63) is 65.7 Å². The Morgan fingerprint density at radius 3 is 2.32 bits per heavy atom. The Bertz CT molecular complexity index is 595. The van der Waals surface area contributed by atoms with E-state index in [2.05, 4.69) is 42.5 Å². The van der Waals surface area contributed by atoms with E-state index in [4.69, 9.17) is 9.47 Å². The van der Waals surface area contributed by atoms with E-state index in [0.29, 0.717) is 13.1 Å². The molecule has 0 bridgehead atoms. The Balaban J connectivity index is 1.60. The van der Waals surface area contributed by atoms with Crippen molar-refractivity contribution in [1.82, 2.24) is 0 Å². The van der Waals surface area contributed by atoms with E-state index in [0.717, 1.165) is 57.3 Å². The molecule has 0 aromatic heterocycles. The molecule has 0 aliphatic carbocycles. The van der Waals surface area contributed by atoms with Gasteiger partial charge in [0.15, 0.2) is 0 Å². The van der Waals surface area contributed by atoms with Crippen LogP contribution in [0.3, 0.4) is 0 Å². The SMILES string of the molecule is O=COCCCCCCc1cccc(OCCCc2ccccc2)c1. The van der Waals surface area contributed by atoms with Gasteiger partial charge in [0.05, 0.1) is 13.2 Å². The van der Waals surface area contributed by atoms with Crippen molar-refractivity contribution in [3.63, 3.8) is 0 Å². The predicted molar refractivity (Wildman–Crippen MR) is 101 cm³/mol. The molecule has 0 atom stereocenters. The van der Waals surface area contributed by atoms with Gasteiger partial charge in [-0.25, -0.2) is 0 Å². The molecule has 0 fully saturated rings. The highest BCUT2D eigenvalue weighted by Crippen LogP contribution is 2.16. The van der Waals surface area contributed by atoms with Gasteiger partial charge in [0.2, 0.25) is 0 Å². The maximum atomic E-state index is 10.0. The number of benzene rings is 2. The molecule has 0 unspecified atom stereocenters. The fraction of sp³-hybridized carbons (Fsp3) is 0.409. The van der Waals surface area contributed by atoms with Gasteiger partial charge in [0, 0.05) is 0 Å². The number of rotatable bonds is 13. The minimum Gasteiger partial charge on any atom is -0.494 e. The van der Waals surface area contributed by atoms with Crippen LogP contribution in [-0.4, -0.2) is 19.7 Å². The molecule has 0 amide bonds. The maximum absolute atomic E-state index is 10.0. The monoisotopic (exact) mass is 340 g/mol. The molecule has 134 valence electrons. The second kappa shape index (κ2) is 12.1. The van der Waals surface area contributed by atoms with Crippen molar-refractivity contribution in [2.75, 3.05) is 13.2 Å². The largest absolute Gasteiger partial charge is 0.494 e. The van der Waals surface area contributed by atoms with E-state index < -0.39 is 0 Å². The van der Waals surface area contributed by atoms with Crippen LogP contribution in [0.25, 0.3) is 0 Å². The first-order valence-electron chi connectivity index (χ1n) is 9.19. The number of unbranched alkanes of at least 4 members (excludes halogenated alkanes) is 3. The number of hydrogen-bond donors (Lipinski definition) is 0. The average Bonchev–Trinajstić information content (AvgIpc) is 2.66. The number of carbonyl (C=O) groups is 1. The Labute approximate surface area is 151 Å². The van der Waals surface area contributed by atoms with Gasteiger partial charge in [-0.3, -0.25) is 4.79 Å². The normalized spacial score (nSPS) is 10.4. The fourth-order valence-electron chi connectivity index (χ4n) is 2.82. The first-order valence-corrected chi connectivity index (χ1v) is 9.19. The fourth-order valence-corrected chi connectivity index (χ4v) is 2.82. The summed E-state index contributed by atoms with van der Waals surface area (Å²) < 4.78 is 10.6. The van der Waals surface area contributed by atoms with Crippen LogP contribution in [0.5, 0.6) is 5.75 Å². The highest BCUT2D eigenvalue weighted by molar-refractivity contribution is 5.36. The molecule has 3 nitrogen and oxygen atoms in total. The van der Waals surface area contributed by atoms with Gasteiger partial charge < -0.3 is 9.47 Å². The highest BCUT2D eigenvalue weighted by atomic mass is 16.5. The number of carbonyl (C=O) groups excluding carboxylic acids is 1. The molecular weight excluding hydrogens is 312 g/mol. The molecule has 0 aliphatic rings. The molecule has 0 N–H and O–H groups in total. The van der Waals surface area contributed by atoms with Crippen LogP contribution in [0, 0.1) is 0 Å². The molecule has 2 rings (SSSR count). The van der Waals surface area contributed by atoms with Gasteiger partial charge in [0.25, 0.3) is 6.47 Å². The maximum Gasteiger partial charge on any atom is 0.293 e. The predicted octanol–water partition coefficient (Wildman–Crippen LogP) is 4.97. The minimum atomic E-state index is 0.519. The number of hydrogen-bond acceptors (Lipinski definition) is 3. The smallest absolute Gasteiger partial charge is 0.293 e. The molecule has 2 aromatic carbocycles. The van der Waals surface area contributed by atoms with Gasteiger partial charge in [-0.15, -0.1) is 0 Å². The van der Waals surface area contributed by atoms with E-state index in [1.54, 1.807) is 0 Å². The number of aryl methyl sites for hydroxylation is 2. The zero-order valence-corrected chi connectivity index (χ0v) is 14.9. The Kier molecular flexibility index (Phi) is 9.24. The topological polar surface area (TPSA) is 35.5 Å². The van der Waals surface area contributed by atoms with Crippen LogP contribution in [0.2, 0.25) is 0 Å². The zero-order valence-electron chi connectivity index (χ0n) is 14.9. The second-order valence-corrected chi connectivity index (χ2v) is 6.22. The van der Waals surface area contributed by atoms with Gasteiger partial charge in [-0.2, -0.15) is 0 Å². The lowest BCUT2D eigenvalue weighted by molar-refractivity contribution is -0.128. The summed E-state index contributed by atoms with van der Waals surface area (Å²) in [7, 11) is 0. The van der Waals surface area contributed by atoms with Gasteiger partial charge >= 0.3 is 0 Å². The van der Waals surface area contributed by atoms with Crippen molar-refractivity contribution in [1.29, 1.82) is 0 Å². The van der Waals surface area contributed by atoms with E-state index in [1.165, 1.54) is 11.1 Å². The Morgan fingerprint density at radius 2 is 1.48 bits per heavy atom. The summed E-state index contributed by atoms with van der Waals surface area (Å²) in [6, 6.07) is 18.9. The lowest BCUT2D eigenvalue weighted by Gasteiger charge is -2.08. The number of ether oxygens (including phenoxy) is 2. The Hall–Kier alpha value is -2.29. The summed E-state index contributed by atoms with van der Waals surface area (Å²) in [5.74, 6) is 0.963. The molecule has 25 heavy (non-hydrogen) atoms. The van der Waals surface area contributed by atoms with Crippen LogP contribution in [0.1, 0.15) is 43.2 Å². The van der Waals surface area contributed by atoms with Gasteiger partial charge in [-0.05, 0) is 55.4 Å². The molecule has 0 aliphatic heterocycles. The summed E-state index contributed by atoms with van der Waals surface area (Å²) >= 11 is 0. The van der Waals surface area contributed by atoms with Gasteiger partial charge in [0.1, 0.15) is 5.75 Å². The second-order valence-electron chi connectivity index (χ2n) is 6.22. The third-order valence-corrected chi connectivity index (χ3v) is 4.17.